The van der Waals surface area contributed by atoms with Gasteiger partial charge in [-0.1, -0.05) is 0 Å². The summed E-state index contributed by atoms with van der Waals surface area (Å²) in [5.74, 6) is 0.128. The van der Waals surface area contributed by atoms with Crippen LogP contribution in [0.5, 0.6) is 0 Å². The second kappa shape index (κ2) is 3.05. The van der Waals surface area contributed by atoms with Gasteiger partial charge in [0.25, 0.3) is 0 Å². The molecule has 1 aromatic heterocycles. The number of hydrogen-bond acceptors (Lipinski definition) is 1. The molecule has 1 heterocycles. The van der Waals surface area contributed by atoms with Crippen molar-refractivity contribution in [2.75, 3.05) is 0 Å². The van der Waals surface area contributed by atoms with Gasteiger partial charge in [0.2, 0.25) is 0 Å². The van der Waals surface area contributed by atoms with Gasteiger partial charge in [0.15, 0.2) is 17.2 Å². The lowest BCUT2D eigenvalue weighted by atomic mass is 10.1. The number of pyridine rings is 1. The highest BCUT2D eigenvalue weighted by Crippen LogP contribution is 2.04. The Labute approximate surface area is 72.8 Å². The lowest BCUT2D eigenvalue weighted by molar-refractivity contribution is -0.683. The highest BCUT2D eigenvalue weighted by atomic mass is 16.1. The van der Waals surface area contributed by atoms with Crippen LogP contribution in [0.3, 0.4) is 0 Å². The fourth-order valence-corrected chi connectivity index (χ4v) is 1.25. The summed E-state index contributed by atoms with van der Waals surface area (Å²) in [6.07, 6.45) is 0. The predicted molar refractivity (Wildman–Crippen MR) is 47.1 cm³/mol. The third-order valence-electron chi connectivity index (χ3n) is 2.29. The molecule has 12 heavy (non-hydrogen) atoms. The first-order chi connectivity index (χ1) is 5.54. The molecule has 0 saturated heterocycles. The summed E-state index contributed by atoms with van der Waals surface area (Å²) in [5, 5.41) is 0. The third kappa shape index (κ3) is 1.37. The zero-order valence-corrected chi connectivity index (χ0v) is 8.01. The van der Waals surface area contributed by atoms with Gasteiger partial charge in [-0.15, -0.1) is 0 Å². The van der Waals surface area contributed by atoms with Crippen LogP contribution >= 0.6 is 0 Å². The minimum atomic E-state index is 0.128. The molecule has 0 unspecified atom stereocenters. The van der Waals surface area contributed by atoms with Crippen LogP contribution in [0.15, 0.2) is 12.1 Å². The van der Waals surface area contributed by atoms with Gasteiger partial charge in [0.1, 0.15) is 7.05 Å². The summed E-state index contributed by atoms with van der Waals surface area (Å²) in [4.78, 5) is 11.1. The average molecular weight is 164 g/mol. The van der Waals surface area contributed by atoms with Crippen LogP contribution in [0, 0.1) is 13.8 Å². The Morgan fingerprint density at radius 1 is 1.33 bits per heavy atom. The van der Waals surface area contributed by atoms with Gasteiger partial charge < -0.3 is 0 Å². The van der Waals surface area contributed by atoms with Gasteiger partial charge in [-0.25, -0.2) is 4.57 Å². The molecule has 0 aliphatic rings. The number of rotatable bonds is 1. The van der Waals surface area contributed by atoms with Crippen molar-refractivity contribution >= 4 is 5.78 Å². The molecule has 1 rings (SSSR count). The number of carbonyl (C=O) groups excluding carboxylic acids is 1. The van der Waals surface area contributed by atoms with E-state index in [2.05, 4.69) is 0 Å². The molecular formula is C10H14NO+. The number of nitrogens with zero attached hydrogens (tertiary/aromatic N) is 1. The van der Waals surface area contributed by atoms with Gasteiger partial charge in [-0.3, -0.25) is 4.79 Å². The molecule has 0 radical (unpaired) electrons. The van der Waals surface area contributed by atoms with Gasteiger partial charge in [0, 0.05) is 19.9 Å². The van der Waals surface area contributed by atoms with E-state index in [0.29, 0.717) is 0 Å². The van der Waals surface area contributed by atoms with Crippen molar-refractivity contribution in [2.45, 2.75) is 20.8 Å². The van der Waals surface area contributed by atoms with Crippen molar-refractivity contribution in [3.63, 3.8) is 0 Å². The van der Waals surface area contributed by atoms with Gasteiger partial charge in [0.05, 0.1) is 5.56 Å². The molecular weight excluding hydrogens is 150 g/mol. The SMILES string of the molecule is CC(=O)c1ccc(C)[n+](C)c1C. The average Bonchev–Trinajstić information content (AvgIpc) is 2.00. The number of hydrogen-bond donors (Lipinski definition) is 0. The van der Waals surface area contributed by atoms with Crippen LogP contribution in [0.2, 0.25) is 0 Å². The van der Waals surface area contributed by atoms with E-state index in [1.54, 1.807) is 6.92 Å². The van der Waals surface area contributed by atoms with Crippen molar-refractivity contribution in [3.8, 4) is 0 Å². The Morgan fingerprint density at radius 3 is 2.42 bits per heavy atom. The second-order valence-electron chi connectivity index (χ2n) is 3.09. The number of aromatic nitrogens is 1. The van der Waals surface area contributed by atoms with E-state index < -0.39 is 0 Å². The minimum Gasteiger partial charge on any atom is -0.294 e. The molecule has 0 aromatic carbocycles. The van der Waals surface area contributed by atoms with Crippen molar-refractivity contribution in [2.24, 2.45) is 7.05 Å². The molecule has 0 fully saturated rings. The normalized spacial score (nSPS) is 10.0. The Balaban J connectivity index is 3.36. The van der Waals surface area contributed by atoms with Crippen molar-refractivity contribution in [1.29, 1.82) is 0 Å². The van der Waals surface area contributed by atoms with Crippen LogP contribution in [0.1, 0.15) is 28.7 Å². The van der Waals surface area contributed by atoms with E-state index in [-0.39, 0.29) is 5.78 Å². The first-order valence-electron chi connectivity index (χ1n) is 4.01. The zero-order valence-electron chi connectivity index (χ0n) is 8.01. The van der Waals surface area contributed by atoms with Crippen LogP contribution < -0.4 is 4.57 Å². The number of carbonyl (C=O) groups is 1. The Hall–Kier alpha value is -1.18. The molecule has 2 nitrogen and oxygen atoms in total. The molecule has 0 saturated carbocycles. The molecule has 1 aromatic rings. The van der Waals surface area contributed by atoms with Crippen molar-refractivity contribution in [1.82, 2.24) is 0 Å². The monoisotopic (exact) mass is 164 g/mol. The maximum atomic E-state index is 11.1. The first kappa shape index (κ1) is 8.91. The van der Waals surface area contributed by atoms with E-state index >= 15 is 0 Å². The summed E-state index contributed by atoms with van der Waals surface area (Å²) in [5.41, 5.74) is 3.00. The highest BCUT2D eigenvalue weighted by molar-refractivity contribution is 5.94. The molecule has 64 valence electrons. The van der Waals surface area contributed by atoms with Crippen LogP contribution in [0.4, 0.5) is 0 Å². The maximum absolute atomic E-state index is 11.1. The van der Waals surface area contributed by atoms with E-state index in [9.17, 15) is 4.79 Å². The summed E-state index contributed by atoms with van der Waals surface area (Å²) < 4.78 is 2.02. The zero-order chi connectivity index (χ0) is 9.30. The first-order valence-corrected chi connectivity index (χ1v) is 4.01. The Kier molecular flexibility index (Phi) is 2.27. The number of aryl methyl sites for hydroxylation is 1. The predicted octanol–water partition coefficient (Wildman–Crippen LogP) is 1.33. The number of Topliss-reactive ketones (excluding diaryl/α,β-unsaturated/α-hetero) is 1. The Morgan fingerprint density at radius 2 is 1.92 bits per heavy atom. The van der Waals surface area contributed by atoms with E-state index in [0.717, 1.165) is 17.0 Å². The summed E-state index contributed by atoms with van der Waals surface area (Å²) in [6, 6.07) is 3.84. The smallest absolute Gasteiger partial charge is 0.189 e. The van der Waals surface area contributed by atoms with Crippen LogP contribution in [-0.4, -0.2) is 5.78 Å². The standard InChI is InChI=1S/C10H14NO/c1-7-5-6-10(9(3)12)8(2)11(7)4/h5-6H,1-4H3/q+1. The van der Waals surface area contributed by atoms with Crippen LogP contribution in [0.25, 0.3) is 0 Å². The lowest BCUT2D eigenvalue weighted by Crippen LogP contribution is -2.36. The summed E-state index contributed by atoms with van der Waals surface area (Å²) in [6.45, 7) is 5.58. The van der Waals surface area contributed by atoms with E-state index in [1.807, 2.05) is 37.6 Å². The quantitative estimate of drug-likeness (QED) is 0.453. The van der Waals surface area contributed by atoms with E-state index in [4.69, 9.17) is 0 Å². The number of ketones is 1. The van der Waals surface area contributed by atoms with Gasteiger partial charge in [-0.05, 0) is 13.0 Å². The highest BCUT2D eigenvalue weighted by Gasteiger charge is 2.13. The molecule has 0 amide bonds. The largest absolute Gasteiger partial charge is 0.294 e. The summed E-state index contributed by atoms with van der Waals surface area (Å²) in [7, 11) is 1.97. The van der Waals surface area contributed by atoms with Crippen LogP contribution in [-0.2, 0) is 7.05 Å². The topological polar surface area (TPSA) is 20.9 Å². The third-order valence-corrected chi connectivity index (χ3v) is 2.29. The molecule has 0 N–H and O–H groups in total. The minimum absolute atomic E-state index is 0.128. The molecule has 2 heteroatoms. The summed E-state index contributed by atoms with van der Waals surface area (Å²) >= 11 is 0. The second-order valence-corrected chi connectivity index (χ2v) is 3.09. The van der Waals surface area contributed by atoms with Gasteiger partial charge in [-0.2, -0.15) is 0 Å². The van der Waals surface area contributed by atoms with Crippen molar-refractivity contribution in [3.05, 3.63) is 29.1 Å². The molecule has 0 atom stereocenters. The Bertz CT molecular complexity index is 329. The molecule has 0 aliphatic heterocycles. The molecule has 0 spiro atoms. The molecule has 0 aliphatic carbocycles. The van der Waals surface area contributed by atoms with E-state index in [1.165, 1.54) is 0 Å². The van der Waals surface area contributed by atoms with Crippen molar-refractivity contribution < 1.29 is 9.36 Å². The molecule has 0 bridgehead atoms. The maximum Gasteiger partial charge on any atom is 0.189 e. The fourth-order valence-electron chi connectivity index (χ4n) is 1.25. The van der Waals surface area contributed by atoms with Gasteiger partial charge >= 0.3 is 0 Å². The fraction of sp³-hybridized carbons (Fsp3) is 0.400. The lowest BCUT2D eigenvalue weighted by Gasteiger charge is -2.01.